The van der Waals surface area contributed by atoms with Gasteiger partial charge in [-0.3, -0.25) is 4.68 Å². The summed E-state index contributed by atoms with van der Waals surface area (Å²) in [4.78, 5) is 11.7. The zero-order valence-electron chi connectivity index (χ0n) is 18.9. The van der Waals surface area contributed by atoms with Gasteiger partial charge in [-0.05, 0) is 37.3 Å². The largest absolute Gasteiger partial charge is 0.511 e. The van der Waals surface area contributed by atoms with Gasteiger partial charge >= 0.3 is 6.16 Å². The molecule has 0 aliphatic heterocycles. The monoisotopic (exact) mass is 445 g/mol. The number of nitrogens with zero attached hydrogens (tertiary/aromatic N) is 3. The van der Waals surface area contributed by atoms with Gasteiger partial charge in [-0.1, -0.05) is 56.6 Å². The van der Waals surface area contributed by atoms with Crippen molar-refractivity contribution in [2.75, 3.05) is 6.79 Å². The van der Waals surface area contributed by atoms with Gasteiger partial charge < -0.3 is 14.2 Å². The highest BCUT2D eigenvalue weighted by Gasteiger charge is 2.23. The average molecular weight is 446 g/mol. The molecule has 0 unspecified atom stereocenters. The first kappa shape index (κ1) is 24.3. The van der Waals surface area contributed by atoms with Crippen LogP contribution in [0.15, 0.2) is 24.3 Å². The molecule has 0 bridgehead atoms. The molecule has 2 aromatic rings. The first-order chi connectivity index (χ1) is 14.5. The standard InChI is InChI=1S/C23H28ClN3O4/c1-14(2)31-22(28)30-13-29-21(20-19(24)15(3)26-27(20)7)18(12-25)16-8-10-17(11-9-16)23(4,5)6/h8-11,14H,13H2,1-7H3/b21-18-. The molecule has 0 saturated heterocycles. The van der Waals surface area contributed by atoms with Crippen molar-refractivity contribution in [3.63, 3.8) is 0 Å². The van der Waals surface area contributed by atoms with Gasteiger partial charge in [0.05, 0.1) is 16.8 Å². The van der Waals surface area contributed by atoms with E-state index >= 15 is 0 Å². The van der Waals surface area contributed by atoms with E-state index in [1.165, 1.54) is 4.68 Å². The summed E-state index contributed by atoms with van der Waals surface area (Å²) in [5, 5.41) is 14.6. The highest BCUT2D eigenvalue weighted by molar-refractivity contribution is 6.33. The van der Waals surface area contributed by atoms with Crippen LogP contribution in [0.25, 0.3) is 11.3 Å². The molecular formula is C23H28ClN3O4. The SMILES string of the molecule is Cc1nn(C)c(/C(OCOC(=O)OC(C)C)=C(\C#N)c2ccc(C(C)(C)C)cc2)c1Cl. The fraction of sp³-hybridized carbons (Fsp3) is 0.435. The van der Waals surface area contributed by atoms with E-state index in [2.05, 4.69) is 31.9 Å². The minimum Gasteiger partial charge on any atom is -0.453 e. The Labute approximate surface area is 188 Å². The van der Waals surface area contributed by atoms with Crippen LogP contribution < -0.4 is 0 Å². The Morgan fingerprint density at radius 2 is 1.84 bits per heavy atom. The van der Waals surface area contributed by atoms with Crippen LogP contribution in [0, 0.1) is 18.3 Å². The summed E-state index contributed by atoms with van der Waals surface area (Å²) >= 11 is 6.45. The molecule has 31 heavy (non-hydrogen) atoms. The molecule has 7 nitrogen and oxygen atoms in total. The summed E-state index contributed by atoms with van der Waals surface area (Å²) in [5.41, 5.74) is 2.99. The third-order valence-electron chi connectivity index (χ3n) is 4.45. The van der Waals surface area contributed by atoms with Crippen molar-refractivity contribution in [1.29, 1.82) is 5.26 Å². The number of aromatic nitrogens is 2. The Kier molecular flexibility index (Phi) is 7.75. The number of carbonyl (C=O) groups excluding carboxylic acids is 1. The molecule has 0 N–H and O–H groups in total. The molecule has 0 amide bonds. The summed E-state index contributed by atoms with van der Waals surface area (Å²) in [6.45, 7) is 11.1. The second-order valence-corrected chi connectivity index (χ2v) is 8.72. The summed E-state index contributed by atoms with van der Waals surface area (Å²) in [6, 6.07) is 9.84. The van der Waals surface area contributed by atoms with Gasteiger partial charge in [0.25, 0.3) is 0 Å². The molecule has 8 heteroatoms. The molecule has 2 rings (SSSR count). The van der Waals surface area contributed by atoms with Gasteiger partial charge in [0.15, 0.2) is 5.76 Å². The Bertz CT molecular complexity index is 1010. The predicted octanol–water partition coefficient (Wildman–Crippen LogP) is 5.61. The maximum atomic E-state index is 11.7. The number of halogens is 1. The fourth-order valence-electron chi connectivity index (χ4n) is 2.88. The number of carbonyl (C=O) groups is 1. The molecule has 0 radical (unpaired) electrons. The second kappa shape index (κ2) is 9.88. The summed E-state index contributed by atoms with van der Waals surface area (Å²) in [5.74, 6) is 0.163. The lowest BCUT2D eigenvalue weighted by Gasteiger charge is -2.19. The molecule has 0 aliphatic carbocycles. The summed E-state index contributed by atoms with van der Waals surface area (Å²) in [7, 11) is 1.70. The number of allylic oxidation sites excluding steroid dienone is 1. The van der Waals surface area contributed by atoms with Crippen molar-refractivity contribution >= 4 is 29.1 Å². The molecule has 1 aromatic heterocycles. The van der Waals surface area contributed by atoms with E-state index in [0.717, 1.165) is 5.56 Å². The van der Waals surface area contributed by atoms with E-state index in [4.69, 9.17) is 25.8 Å². The van der Waals surface area contributed by atoms with E-state index < -0.39 is 12.9 Å². The lowest BCUT2D eigenvalue weighted by Crippen LogP contribution is -2.15. The van der Waals surface area contributed by atoms with Crippen LogP contribution >= 0.6 is 11.6 Å². The maximum absolute atomic E-state index is 11.7. The van der Waals surface area contributed by atoms with Gasteiger partial charge in [-0.15, -0.1) is 0 Å². The Balaban J connectivity index is 2.49. The topological polar surface area (TPSA) is 86.4 Å². The average Bonchev–Trinajstić information content (AvgIpc) is 2.92. The quantitative estimate of drug-likeness (QED) is 0.248. The number of nitriles is 1. The van der Waals surface area contributed by atoms with E-state index in [9.17, 15) is 10.1 Å². The van der Waals surface area contributed by atoms with E-state index in [1.54, 1.807) is 27.8 Å². The maximum Gasteiger partial charge on any atom is 0.511 e. The van der Waals surface area contributed by atoms with Gasteiger partial charge in [-0.25, -0.2) is 4.79 Å². The van der Waals surface area contributed by atoms with E-state index in [1.807, 2.05) is 24.3 Å². The fourth-order valence-corrected chi connectivity index (χ4v) is 3.13. The third kappa shape index (κ3) is 6.02. The molecule has 0 spiro atoms. The normalized spacial score (nSPS) is 12.3. The number of hydrogen-bond donors (Lipinski definition) is 0. The van der Waals surface area contributed by atoms with Crippen LogP contribution in [-0.4, -0.2) is 28.8 Å². The molecule has 0 atom stereocenters. The van der Waals surface area contributed by atoms with Gasteiger partial charge in [0, 0.05) is 7.05 Å². The minimum absolute atomic E-state index is 0.0263. The molecule has 166 valence electrons. The molecule has 1 aromatic carbocycles. The van der Waals surface area contributed by atoms with Crippen molar-refractivity contribution < 1.29 is 19.0 Å². The van der Waals surface area contributed by atoms with Crippen molar-refractivity contribution in [1.82, 2.24) is 9.78 Å². The molecule has 0 saturated carbocycles. The number of aryl methyl sites for hydroxylation is 2. The van der Waals surface area contributed by atoms with Crippen molar-refractivity contribution in [3.05, 3.63) is 51.8 Å². The Hall–Kier alpha value is -2.98. The second-order valence-electron chi connectivity index (χ2n) is 8.34. The zero-order chi connectivity index (χ0) is 23.3. The molecular weight excluding hydrogens is 418 g/mol. The lowest BCUT2D eigenvalue weighted by molar-refractivity contribution is -0.0171. The van der Waals surface area contributed by atoms with Crippen molar-refractivity contribution in [3.8, 4) is 6.07 Å². The van der Waals surface area contributed by atoms with Crippen LogP contribution in [-0.2, 0) is 26.7 Å². The van der Waals surface area contributed by atoms with E-state index in [-0.39, 0.29) is 22.9 Å². The van der Waals surface area contributed by atoms with Crippen LogP contribution in [0.3, 0.4) is 0 Å². The van der Waals surface area contributed by atoms with E-state index in [0.29, 0.717) is 22.0 Å². The highest BCUT2D eigenvalue weighted by atomic mass is 35.5. The zero-order valence-corrected chi connectivity index (χ0v) is 19.7. The van der Waals surface area contributed by atoms with Crippen LogP contribution in [0.5, 0.6) is 0 Å². The van der Waals surface area contributed by atoms with Crippen molar-refractivity contribution in [2.45, 2.75) is 53.1 Å². The molecule has 0 fully saturated rings. The predicted molar refractivity (Wildman–Crippen MR) is 119 cm³/mol. The van der Waals surface area contributed by atoms with Crippen molar-refractivity contribution in [2.24, 2.45) is 7.05 Å². The number of rotatable bonds is 6. The number of ether oxygens (including phenoxy) is 3. The van der Waals surface area contributed by atoms with Crippen LogP contribution in [0.2, 0.25) is 5.02 Å². The number of benzene rings is 1. The summed E-state index contributed by atoms with van der Waals surface area (Å²) in [6.07, 6.45) is -1.19. The minimum atomic E-state index is -0.866. The van der Waals surface area contributed by atoms with Gasteiger partial charge in [-0.2, -0.15) is 10.4 Å². The van der Waals surface area contributed by atoms with Gasteiger partial charge in [0.2, 0.25) is 6.79 Å². The summed E-state index contributed by atoms with van der Waals surface area (Å²) < 4.78 is 17.2. The lowest BCUT2D eigenvalue weighted by atomic mass is 9.86. The van der Waals surface area contributed by atoms with Crippen LogP contribution in [0.4, 0.5) is 4.79 Å². The Morgan fingerprint density at radius 3 is 2.29 bits per heavy atom. The molecule has 0 aliphatic rings. The number of hydrogen-bond acceptors (Lipinski definition) is 6. The molecule has 1 heterocycles. The smallest absolute Gasteiger partial charge is 0.453 e. The van der Waals surface area contributed by atoms with Gasteiger partial charge in [0.1, 0.15) is 17.3 Å². The first-order valence-electron chi connectivity index (χ1n) is 9.86. The van der Waals surface area contributed by atoms with Crippen LogP contribution in [0.1, 0.15) is 57.1 Å². The third-order valence-corrected chi connectivity index (χ3v) is 4.91. The Morgan fingerprint density at radius 1 is 1.23 bits per heavy atom. The highest BCUT2D eigenvalue weighted by Crippen LogP contribution is 2.34. The first-order valence-corrected chi connectivity index (χ1v) is 10.2.